The Kier molecular flexibility index (Phi) is 4.63. The molecule has 0 bridgehead atoms. The second-order valence-corrected chi connectivity index (χ2v) is 5.41. The van der Waals surface area contributed by atoms with Gasteiger partial charge < -0.3 is 4.90 Å². The van der Waals surface area contributed by atoms with Gasteiger partial charge in [-0.3, -0.25) is 4.79 Å². The third-order valence-electron chi connectivity index (χ3n) is 3.90. The number of carbonyl (C=O) groups excluding carboxylic acids is 1. The average Bonchev–Trinajstić information content (AvgIpc) is 2.75. The van der Waals surface area contributed by atoms with Crippen LogP contribution in [0.5, 0.6) is 0 Å². The number of hydrogen-bond donors (Lipinski definition) is 0. The van der Waals surface area contributed by atoms with Crippen LogP contribution >= 0.6 is 15.9 Å². The zero-order chi connectivity index (χ0) is 11.5. The minimum atomic E-state index is -0.0365. The Hall–Kier alpha value is -0.0500. The van der Waals surface area contributed by atoms with Gasteiger partial charge in [-0.15, -0.1) is 0 Å². The van der Waals surface area contributed by atoms with Gasteiger partial charge in [0.2, 0.25) is 5.91 Å². The summed E-state index contributed by atoms with van der Waals surface area (Å²) in [5, 5.41) is 0.856. The summed E-state index contributed by atoms with van der Waals surface area (Å²) in [7, 11) is 1.93. The molecule has 1 aliphatic carbocycles. The van der Waals surface area contributed by atoms with E-state index in [1.54, 1.807) is 0 Å². The van der Waals surface area contributed by atoms with Crippen molar-refractivity contribution in [1.82, 2.24) is 4.90 Å². The Labute approximate surface area is 102 Å². The summed E-state index contributed by atoms with van der Waals surface area (Å²) in [5.41, 5.74) is -0.0365. The van der Waals surface area contributed by atoms with Crippen LogP contribution in [0.3, 0.4) is 0 Å². The van der Waals surface area contributed by atoms with Gasteiger partial charge in [0.1, 0.15) is 0 Å². The van der Waals surface area contributed by atoms with Gasteiger partial charge in [-0.2, -0.15) is 0 Å². The molecule has 0 heterocycles. The van der Waals surface area contributed by atoms with E-state index in [4.69, 9.17) is 0 Å². The Morgan fingerprint density at radius 2 is 2.00 bits per heavy atom. The van der Waals surface area contributed by atoms with Crippen LogP contribution in [0.4, 0.5) is 0 Å². The van der Waals surface area contributed by atoms with E-state index in [2.05, 4.69) is 29.8 Å². The van der Waals surface area contributed by atoms with Crippen molar-refractivity contribution in [2.24, 2.45) is 5.41 Å². The van der Waals surface area contributed by atoms with Crippen LogP contribution in [-0.2, 0) is 4.79 Å². The third-order valence-corrected chi connectivity index (χ3v) is 4.83. The molecular weight excluding hydrogens is 254 g/mol. The molecule has 0 saturated heterocycles. The first-order chi connectivity index (χ1) is 7.07. The van der Waals surface area contributed by atoms with Crippen LogP contribution in [0.15, 0.2) is 0 Å². The predicted molar refractivity (Wildman–Crippen MR) is 67.2 cm³/mol. The monoisotopic (exact) mass is 275 g/mol. The molecule has 2 nitrogen and oxygen atoms in total. The van der Waals surface area contributed by atoms with Gasteiger partial charge in [0.05, 0.1) is 0 Å². The number of alkyl halides is 1. The van der Waals surface area contributed by atoms with Gasteiger partial charge in [0.25, 0.3) is 0 Å². The predicted octanol–water partition coefficient (Wildman–Crippen LogP) is 3.20. The standard InChI is InChI=1S/C12H22BrNO/c1-4-12(7-5-6-8-12)11(15)14(3)10(2)9-13/h10H,4-9H2,1-3H3. The van der Waals surface area contributed by atoms with E-state index in [9.17, 15) is 4.79 Å². The van der Waals surface area contributed by atoms with Crippen LogP contribution in [-0.4, -0.2) is 29.2 Å². The molecule has 0 N–H and O–H groups in total. The maximum Gasteiger partial charge on any atom is 0.228 e. The fourth-order valence-electron chi connectivity index (χ4n) is 2.45. The lowest BCUT2D eigenvalue weighted by molar-refractivity contribution is -0.142. The lowest BCUT2D eigenvalue weighted by Crippen LogP contribution is -2.45. The summed E-state index contributed by atoms with van der Waals surface area (Å²) in [6, 6.07) is 0.293. The maximum absolute atomic E-state index is 12.4. The Morgan fingerprint density at radius 3 is 2.40 bits per heavy atom. The third kappa shape index (κ3) is 2.55. The van der Waals surface area contributed by atoms with Crippen LogP contribution in [0, 0.1) is 5.41 Å². The van der Waals surface area contributed by atoms with Crippen molar-refractivity contribution in [2.45, 2.75) is 52.0 Å². The molecule has 0 aromatic rings. The van der Waals surface area contributed by atoms with Gasteiger partial charge in [-0.1, -0.05) is 35.7 Å². The van der Waals surface area contributed by atoms with Crippen molar-refractivity contribution >= 4 is 21.8 Å². The van der Waals surface area contributed by atoms with E-state index in [1.807, 2.05) is 11.9 Å². The minimum absolute atomic E-state index is 0.0365. The molecule has 1 saturated carbocycles. The molecule has 1 aliphatic rings. The molecule has 3 heteroatoms. The topological polar surface area (TPSA) is 20.3 Å². The Balaban J connectivity index is 2.72. The molecular formula is C12H22BrNO. The number of hydrogen-bond acceptors (Lipinski definition) is 1. The fourth-order valence-corrected chi connectivity index (χ4v) is 2.88. The molecule has 0 aliphatic heterocycles. The molecule has 1 amide bonds. The highest BCUT2D eigenvalue weighted by molar-refractivity contribution is 9.09. The molecule has 0 radical (unpaired) electrons. The first-order valence-electron chi connectivity index (χ1n) is 5.90. The highest BCUT2D eigenvalue weighted by Gasteiger charge is 2.41. The van der Waals surface area contributed by atoms with Crippen LogP contribution in [0.2, 0.25) is 0 Å². The van der Waals surface area contributed by atoms with E-state index < -0.39 is 0 Å². The van der Waals surface area contributed by atoms with E-state index >= 15 is 0 Å². The maximum atomic E-state index is 12.4. The number of carbonyl (C=O) groups is 1. The normalized spacial score (nSPS) is 21.3. The summed E-state index contributed by atoms with van der Waals surface area (Å²) in [5.74, 6) is 0.356. The molecule has 0 aromatic heterocycles. The van der Waals surface area contributed by atoms with Crippen molar-refractivity contribution < 1.29 is 4.79 Å². The van der Waals surface area contributed by atoms with Crippen molar-refractivity contribution in [3.05, 3.63) is 0 Å². The first-order valence-corrected chi connectivity index (χ1v) is 7.03. The zero-order valence-electron chi connectivity index (χ0n) is 10.1. The Bertz CT molecular complexity index is 224. The molecule has 15 heavy (non-hydrogen) atoms. The van der Waals surface area contributed by atoms with Crippen LogP contribution in [0.25, 0.3) is 0 Å². The van der Waals surface area contributed by atoms with Gasteiger partial charge in [0.15, 0.2) is 0 Å². The summed E-state index contributed by atoms with van der Waals surface area (Å²) < 4.78 is 0. The van der Waals surface area contributed by atoms with E-state index in [1.165, 1.54) is 12.8 Å². The molecule has 1 rings (SSSR count). The van der Waals surface area contributed by atoms with E-state index in [0.29, 0.717) is 11.9 Å². The van der Waals surface area contributed by atoms with Crippen molar-refractivity contribution in [3.63, 3.8) is 0 Å². The second-order valence-electron chi connectivity index (χ2n) is 4.76. The smallest absolute Gasteiger partial charge is 0.228 e. The average molecular weight is 276 g/mol. The quantitative estimate of drug-likeness (QED) is 0.722. The SMILES string of the molecule is CCC1(C(=O)N(C)C(C)CBr)CCCC1. The second kappa shape index (κ2) is 5.33. The largest absolute Gasteiger partial charge is 0.342 e. The molecule has 1 atom stereocenters. The van der Waals surface area contributed by atoms with Gasteiger partial charge in [0, 0.05) is 23.8 Å². The fraction of sp³-hybridized carbons (Fsp3) is 0.917. The lowest BCUT2D eigenvalue weighted by Gasteiger charge is -2.34. The van der Waals surface area contributed by atoms with Gasteiger partial charge >= 0.3 is 0 Å². The van der Waals surface area contributed by atoms with E-state index in [0.717, 1.165) is 24.6 Å². The molecule has 1 fully saturated rings. The number of halogens is 1. The van der Waals surface area contributed by atoms with Crippen molar-refractivity contribution in [1.29, 1.82) is 0 Å². The summed E-state index contributed by atoms with van der Waals surface area (Å²) in [4.78, 5) is 14.3. The molecule has 88 valence electrons. The molecule has 1 unspecified atom stereocenters. The minimum Gasteiger partial charge on any atom is -0.342 e. The lowest BCUT2D eigenvalue weighted by atomic mass is 9.81. The van der Waals surface area contributed by atoms with Crippen LogP contribution in [0.1, 0.15) is 46.0 Å². The summed E-state index contributed by atoms with van der Waals surface area (Å²) in [6.45, 7) is 4.24. The molecule has 0 spiro atoms. The number of nitrogens with zero attached hydrogens (tertiary/aromatic N) is 1. The van der Waals surface area contributed by atoms with Crippen molar-refractivity contribution in [3.8, 4) is 0 Å². The summed E-state index contributed by atoms with van der Waals surface area (Å²) in [6.07, 6.45) is 5.60. The molecule has 0 aromatic carbocycles. The van der Waals surface area contributed by atoms with E-state index in [-0.39, 0.29) is 5.41 Å². The highest BCUT2D eigenvalue weighted by atomic mass is 79.9. The highest BCUT2D eigenvalue weighted by Crippen LogP contribution is 2.42. The van der Waals surface area contributed by atoms with Crippen molar-refractivity contribution in [2.75, 3.05) is 12.4 Å². The number of rotatable bonds is 4. The first kappa shape index (κ1) is 13.0. The van der Waals surface area contributed by atoms with Gasteiger partial charge in [-0.05, 0) is 26.2 Å². The number of amides is 1. The summed E-state index contributed by atoms with van der Waals surface area (Å²) >= 11 is 3.44. The van der Waals surface area contributed by atoms with Crippen LogP contribution < -0.4 is 0 Å². The van der Waals surface area contributed by atoms with Gasteiger partial charge in [-0.25, -0.2) is 0 Å². The Morgan fingerprint density at radius 1 is 1.47 bits per heavy atom. The zero-order valence-corrected chi connectivity index (χ0v) is 11.6.